The van der Waals surface area contributed by atoms with E-state index >= 15 is 0 Å². The average Bonchev–Trinajstić information content (AvgIpc) is 2.32. The third-order valence-electron chi connectivity index (χ3n) is 1.24. The van der Waals surface area contributed by atoms with E-state index < -0.39 is 18.1 Å². The Kier molecular flexibility index (Phi) is 3.05. The number of rotatable bonds is 2. The van der Waals surface area contributed by atoms with Crippen LogP contribution in [0.2, 0.25) is 4.34 Å². The second kappa shape index (κ2) is 3.89. The van der Waals surface area contributed by atoms with E-state index in [1.54, 1.807) is 0 Å². The number of amides is 1. The number of alkyl halides is 2. The normalized spacial score (nSPS) is 10.5. The minimum atomic E-state index is -2.73. The van der Waals surface area contributed by atoms with E-state index in [0.29, 0.717) is 0 Å². The van der Waals surface area contributed by atoms with Crippen LogP contribution in [0.15, 0.2) is 5.38 Å². The van der Waals surface area contributed by atoms with Crippen molar-refractivity contribution in [2.24, 2.45) is 0 Å². The molecular weight excluding hydrogens is 224 g/mol. The fraction of sp³-hybridized carbons (Fsp3) is 0.167. The number of anilines is 1. The SMILES string of the molecule is O=C(O)Nc1c(C(F)F)csc1Cl. The molecule has 3 nitrogen and oxygen atoms in total. The van der Waals surface area contributed by atoms with Crippen LogP contribution < -0.4 is 5.32 Å². The zero-order valence-electron chi connectivity index (χ0n) is 6.05. The molecule has 13 heavy (non-hydrogen) atoms. The number of halogens is 3. The molecule has 0 aliphatic rings. The summed E-state index contributed by atoms with van der Waals surface area (Å²) in [5.41, 5.74) is -0.619. The highest BCUT2D eigenvalue weighted by atomic mass is 35.5. The molecule has 0 unspecified atom stereocenters. The fourth-order valence-electron chi connectivity index (χ4n) is 0.735. The van der Waals surface area contributed by atoms with Gasteiger partial charge in [-0.05, 0) is 0 Å². The molecule has 1 aromatic rings. The van der Waals surface area contributed by atoms with Gasteiger partial charge in [0.2, 0.25) is 0 Å². The van der Waals surface area contributed by atoms with Crippen LogP contribution in [-0.2, 0) is 0 Å². The van der Waals surface area contributed by atoms with Crippen molar-refractivity contribution in [2.45, 2.75) is 6.43 Å². The summed E-state index contributed by atoms with van der Waals surface area (Å²) in [5, 5.41) is 11.2. The van der Waals surface area contributed by atoms with Crippen LogP contribution >= 0.6 is 22.9 Å². The lowest BCUT2D eigenvalue weighted by Gasteiger charge is -2.02. The Balaban J connectivity index is 3.01. The van der Waals surface area contributed by atoms with Crippen molar-refractivity contribution in [2.75, 3.05) is 5.32 Å². The van der Waals surface area contributed by atoms with Gasteiger partial charge in [0.05, 0.1) is 11.3 Å². The highest BCUT2D eigenvalue weighted by molar-refractivity contribution is 7.15. The molecule has 0 aliphatic heterocycles. The summed E-state index contributed by atoms with van der Waals surface area (Å²) in [7, 11) is 0. The lowest BCUT2D eigenvalue weighted by Crippen LogP contribution is -2.08. The molecule has 72 valence electrons. The van der Waals surface area contributed by atoms with Crippen molar-refractivity contribution in [3.63, 3.8) is 0 Å². The quantitative estimate of drug-likeness (QED) is 0.813. The van der Waals surface area contributed by atoms with E-state index in [9.17, 15) is 13.6 Å². The molecule has 1 amide bonds. The van der Waals surface area contributed by atoms with Crippen molar-refractivity contribution < 1.29 is 18.7 Å². The molecule has 0 saturated heterocycles. The number of hydrogen-bond donors (Lipinski definition) is 2. The van der Waals surface area contributed by atoms with Gasteiger partial charge in [-0.2, -0.15) is 0 Å². The Morgan fingerprint density at radius 2 is 2.31 bits per heavy atom. The molecule has 0 spiro atoms. The number of carbonyl (C=O) groups is 1. The van der Waals surface area contributed by atoms with Crippen molar-refractivity contribution >= 4 is 34.7 Å². The second-order valence-corrected chi connectivity index (χ2v) is 3.55. The lowest BCUT2D eigenvalue weighted by molar-refractivity contribution is 0.152. The highest BCUT2D eigenvalue weighted by Crippen LogP contribution is 2.38. The second-order valence-electron chi connectivity index (χ2n) is 2.07. The van der Waals surface area contributed by atoms with E-state index in [1.807, 2.05) is 5.32 Å². The van der Waals surface area contributed by atoms with Gasteiger partial charge in [-0.25, -0.2) is 13.6 Å². The van der Waals surface area contributed by atoms with Crippen LogP contribution in [0.5, 0.6) is 0 Å². The Morgan fingerprint density at radius 3 is 2.77 bits per heavy atom. The molecule has 0 aromatic carbocycles. The fourth-order valence-corrected chi connectivity index (χ4v) is 1.76. The monoisotopic (exact) mass is 227 g/mol. The Bertz CT molecular complexity index is 328. The molecule has 0 radical (unpaired) electrons. The van der Waals surface area contributed by atoms with Crippen LogP contribution in [0.3, 0.4) is 0 Å². The van der Waals surface area contributed by atoms with Crippen LogP contribution in [-0.4, -0.2) is 11.2 Å². The van der Waals surface area contributed by atoms with Gasteiger partial charge in [0.25, 0.3) is 6.43 Å². The van der Waals surface area contributed by atoms with Gasteiger partial charge >= 0.3 is 6.09 Å². The molecule has 0 atom stereocenters. The third-order valence-corrected chi connectivity index (χ3v) is 2.48. The zero-order chi connectivity index (χ0) is 10.0. The summed E-state index contributed by atoms with van der Waals surface area (Å²) < 4.78 is 24.4. The summed E-state index contributed by atoms with van der Waals surface area (Å²) in [6.45, 7) is 0. The van der Waals surface area contributed by atoms with E-state index in [-0.39, 0.29) is 10.0 Å². The lowest BCUT2D eigenvalue weighted by atomic mass is 10.3. The van der Waals surface area contributed by atoms with Gasteiger partial charge in [0.15, 0.2) is 0 Å². The minimum Gasteiger partial charge on any atom is -0.465 e. The Labute approximate surface area is 80.9 Å². The number of thiophene rings is 1. The first kappa shape index (κ1) is 10.2. The van der Waals surface area contributed by atoms with Crippen LogP contribution in [0, 0.1) is 0 Å². The summed E-state index contributed by atoms with van der Waals surface area (Å²) in [6, 6.07) is 0. The molecule has 2 N–H and O–H groups in total. The molecular formula is C6H4ClF2NO2S. The third kappa shape index (κ3) is 2.28. The first-order chi connectivity index (χ1) is 6.02. The molecule has 1 aromatic heterocycles. The van der Waals surface area contributed by atoms with Crippen molar-refractivity contribution in [1.82, 2.24) is 0 Å². The Hall–Kier alpha value is -0.880. The molecule has 1 rings (SSSR count). The smallest absolute Gasteiger partial charge is 0.409 e. The van der Waals surface area contributed by atoms with Crippen molar-refractivity contribution in [3.8, 4) is 0 Å². The summed E-state index contributed by atoms with van der Waals surface area (Å²) in [6.07, 6.45) is -4.15. The van der Waals surface area contributed by atoms with Gasteiger partial charge in [-0.15, -0.1) is 11.3 Å². The number of nitrogens with one attached hydrogen (secondary N) is 1. The van der Waals surface area contributed by atoms with Gasteiger partial charge in [-0.1, -0.05) is 11.6 Å². The van der Waals surface area contributed by atoms with Crippen LogP contribution in [0.4, 0.5) is 19.3 Å². The first-order valence-corrected chi connectivity index (χ1v) is 4.33. The molecule has 0 bridgehead atoms. The van der Waals surface area contributed by atoms with E-state index in [0.717, 1.165) is 16.7 Å². The van der Waals surface area contributed by atoms with Gasteiger partial charge in [-0.3, -0.25) is 5.32 Å². The van der Waals surface area contributed by atoms with Gasteiger partial charge in [0, 0.05) is 5.38 Å². The Morgan fingerprint density at radius 1 is 1.69 bits per heavy atom. The van der Waals surface area contributed by atoms with E-state index in [2.05, 4.69) is 0 Å². The number of carboxylic acid groups (broad SMARTS) is 1. The van der Waals surface area contributed by atoms with Gasteiger partial charge in [0.1, 0.15) is 4.34 Å². The standard InChI is InChI=1S/C6H4ClF2NO2S/c7-4-3(10-6(11)12)2(1-13-4)5(8)9/h1,5,10H,(H,11,12). The predicted octanol–water partition coefficient (Wildman–Crippen LogP) is 3.43. The topological polar surface area (TPSA) is 49.3 Å². The summed E-state index contributed by atoms with van der Waals surface area (Å²) in [4.78, 5) is 10.2. The maximum absolute atomic E-state index is 12.2. The highest BCUT2D eigenvalue weighted by Gasteiger charge is 2.19. The number of hydrogen-bond acceptors (Lipinski definition) is 2. The first-order valence-electron chi connectivity index (χ1n) is 3.07. The predicted molar refractivity (Wildman–Crippen MR) is 45.9 cm³/mol. The zero-order valence-corrected chi connectivity index (χ0v) is 7.62. The molecule has 7 heteroatoms. The van der Waals surface area contributed by atoms with E-state index in [1.165, 1.54) is 0 Å². The molecule has 1 heterocycles. The summed E-state index contributed by atoms with van der Waals surface area (Å²) in [5.74, 6) is 0. The molecule has 0 fully saturated rings. The maximum Gasteiger partial charge on any atom is 0.409 e. The van der Waals surface area contributed by atoms with Crippen LogP contribution in [0.25, 0.3) is 0 Å². The van der Waals surface area contributed by atoms with Crippen LogP contribution in [0.1, 0.15) is 12.0 Å². The van der Waals surface area contributed by atoms with Gasteiger partial charge < -0.3 is 5.11 Å². The minimum absolute atomic E-state index is 0.0118. The molecule has 0 aliphatic carbocycles. The average molecular weight is 228 g/mol. The molecule has 0 saturated carbocycles. The van der Waals surface area contributed by atoms with E-state index in [4.69, 9.17) is 16.7 Å². The summed E-state index contributed by atoms with van der Waals surface area (Å²) >= 11 is 6.35. The largest absolute Gasteiger partial charge is 0.465 e. The van der Waals surface area contributed by atoms with Crippen molar-refractivity contribution in [1.29, 1.82) is 0 Å². The maximum atomic E-state index is 12.2. The van der Waals surface area contributed by atoms with Crippen molar-refractivity contribution in [3.05, 3.63) is 15.3 Å².